The first-order valence-electron chi connectivity index (χ1n) is 8.17. The Bertz CT molecular complexity index is 1010. The van der Waals surface area contributed by atoms with E-state index in [1.807, 2.05) is 38.4 Å². The van der Waals surface area contributed by atoms with Gasteiger partial charge in [0.2, 0.25) is 0 Å². The number of benzene rings is 2. The second-order valence-corrected chi connectivity index (χ2v) is 9.34. The third-order valence-corrected chi connectivity index (χ3v) is 7.31. The molecule has 0 fully saturated rings. The number of rotatable bonds is 6. The Morgan fingerprint density at radius 1 is 1.08 bits per heavy atom. The van der Waals surface area contributed by atoms with Gasteiger partial charge >= 0.3 is 0 Å². The zero-order valence-electron chi connectivity index (χ0n) is 15.2. The highest BCUT2D eigenvalue weighted by Crippen LogP contribution is 2.35. The zero-order valence-corrected chi connectivity index (χ0v) is 16.8. The first-order chi connectivity index (χ1) is 12.3. The van der Waals surface area contributed by atoms with E-state index in [2.05, 4.69) is 11.8 Å². The van der Waals surface area contributed by atoms with E-state index < -0.39 is 10.0 Å². The summed E-state index contributed by atoms with van der Waals surface area (Å²) < 4.78 is 32.9. The number of hydrogen-bond donors (Lipinski definition) is 0. The minimum absolute atomic E-state index is 0.220. The van der Waals surface area contributed by atoms with E-state index >= 15 is 0 Å². The van der Waals surface area contributed by atoms with Crippen molar-refractivity contribution in [3.8, 4) is 5.75 Å². The molecule has 1 unspecified atom stereocenters. The molecule has 3 aromatic rings. The van der Waals surface area contributed by atoms with Gasteiger partial charge in [-0.05, 0) is 51.4 Å². The Balaban J connectivity index is 2.11. The second-order valence-electron chi connectivity index (χ2n) is 6.17. The quantitative estimate of drug-likeness (QED) is 0.472. The maximum absolute atomic E-state index is 13.2. The van der Waals surface area contributed by atoms with Crippen molar-refractivity contribution in [3.05, 3.63) is 54.7 Å². The number of thioether (sulfide) groups is 1. The van der Waals surface area contributed by atoms with E-state index in [-0.39, 0.29) is 10.3 Å². The van der Waals surface area contributed by atoms with Crippen molar-refractivity contribution >= 4 is 32.7 Å². The molecule has 1 aromatic heterocycles. The summed E-state index contributed by atoms with van der Waals surface area (Å²) in [4.78, 5) is 3.27. The molecule has 0 aliphatic rings. The smallest absolute Gasteiger partial charge is 0.268 e. The van der Waals surface area contributed by atoms with Crippen LogP contribution < -0.4 is 4.74 Å². The molecule has 0 aliphatic carbocycles. The van der Waals surface area contributed by atoms with Crippen LogP contribution >= 0.6 is 11.8 Å². The monoisotopic (exact) mass is 390 g/mol. The normalized spacial score (nSPS) is 13.3. The van der Waals surface area contributed by atoms with Gasteiger partial charge in [-0.25, -0.2) is 12.4 Å². The Hall–Kier alpha value is -1.96. The fourth-order valence-electron chi connectivity index (χ4n) is 2.56. The molecule has 0 N–H and O–H groups in total. The van der Waals surface area contributed by atoms with Gasteiger partial charge in [0.15, 0.2) is 0 Å². The lowest BCUT2D eigenvalue weighted by atomic mass is 10.2. The summed E-state index contributed by atoms with van der Waals surface area (Å²) in [6.07, 6.45) is 1.72. The Morgan fingerprint density at radius 3 is 2.35 bits per heavy atom. The SMILES string of the molecule is COc1ccc(S(=O)(=O)n2cc(SC(C)N(C)C)c3ccccc32)cc1. The topological polar surface area (TPSA) is 51.5 Å². The minimum Gasteiger partial charge on any atom is -0.497 e. The molecule has 0 aliphatic heterocycles. The first kappa shape index (κ1) is 18.8. The lowest BCUT2D eigenvalue weighted by Crippen LogP contribution is -2.20. The van der Waals surface area contributed by atoms with Gasteiger partial charge in [0.1, 0.15) is 5.75 Å². The Kier molecular flexibility index (Phi) is 5.32. The summed E-state index contributed by atoms with van der Waals surface area (Å²) in [5.74, 6) is 0.623. The van der Waals surface area contributed by atoms with E-state index in [1.165, 1.54) is 3.97 Å². The number of fused-ring (bicyclic) bond motifs is 1. The van der Waals surface area contributed by atoms with E-state index in [0.29, 0.717) is 11.3 Å². The van der Waals surface area contributed by atoms with E-state index in [0.717, 1.165) is 10.3 Å². The number of ether oxygens (including phenoxy) is 1. The van der Waals surface area contributed by atoms with Crippen molar-refractivity contribution in [2.75, 3.05) is 21.2 Å². The standard InChI is InChI=1S/C19H22N2O3S2/c1-14(20(2)3)25-19-13-21(18-8-6-5-7-17(18)19)26(22,23)16-11-9-15(24-4)10-12-16/h5-14H,1-4H3. The number of aromatic nitrogens is 1. The van der Waals surface area contributed by atoms with Crippen LogP contribution in [0.4, 0.5) is 0 Å². The van der Waals surface area contributed by atoms with Gasteiger partial charge in [0.25, 0.3) is 10.0 Å². The molecule has 0 saturated heterocycles. The molecule has 0 saturated carbocycles. The van der Waals surface area contributed by atoms with E-state index in [1.54, 1.807) is 49.3 Å². The third-order valence-electron chi connectivity index (χ3n) is 4.28. The summed E-state index contributed by atoms with van der Waals surface area (Å²) in [7, 11) is 1.87. The van der Waals surface area contributed by atoms with Crippen molar-refractivity contribution in [2.45, 2.75) is 22.1 Å². The van der Waals surface area contributed by atoms with Crippen LogP contribution in [-0.4, -0.2) is 43.9 Å². The third kappa shape index (κ3) is 3.47. The molecule has 7 heteroatoms. The molecule has 138 valence electrons. The number of methoxy groups -OCH3 is 1. The van der Waals surface area contributed by atoms with Crippen molar-refractivity contribution in [3.63, 3.8) is 0 Å². The minimum atomic E-state index is -3.69. The van der Waals surface area contributed by atoms with Gasteiger partial charge in [-0.1, -0.05) is 18.2 Å². The molecule has 0 amide bonds. The lowest BCUT2D eigenvalue weighted by molar-refractivity contribution is 0.402. The molecule has 0 bridgehead atoms. The van der Waals surface area contributed by atoms with Crippen LogP contribution in [0.5, 0.6) is 5.75 Å². The van der Waals surface area contributed by atoms with Crippen LogP contribution in [0.25, 0.3) is 10.9 Å². The van der Waals surface area contributed by atoms with Gasteiger partial charge < -0.3 is 4.74 Å². The molecule has 0 spiro atoms. The van der Waals surface area contributed by atoms with Crippen LogP contribution in [0.1, 0.15) is 6.92 Å². The first-order valence-corrected chi connectivity index (χ1v) is 10.5. The predicted octanol–water partition coefficient (Wildman–Crippen LogP) is 3.89. The average Bonchev–Trinajstić information content (AvgIpc) is 3.01. The molecule has 1 heterocycles. The molecule has 26 heavy (non-hydrogen) atoms. The van der Waals surface area contributed by atoms with Crippen molar-refractivity contribution in [2.24, 2.45) is 0 Å². The largest absolute Gasteiger partial charge is 0.497 e. The molecule has 2 aromatic carbocycles. The molecule has 0 radical (unpaired) electrons. The molecule has 1 atom stereocenters. The molecule has 3 rings (SSSR count). The molecule has 5 nitrogen and oxygen atoms in total. The van der Waals surface area contributed by atoms with Gasteiger partial charge in [0, 0.05) is 16.5 Å². The lowest BCUT2D eigenvalue weighted by Gasteiger charge is -2.18. The Morgan fingerprint density at radius 2 is 1.73 bits per heavy atom. The van der Waals surface area contributed by atoms with Gasteiger partial charge in [-0.2, -0.15) is 0 Å². The fourth-order valence-corrected chi connectivity index (χ4v) is 5.04. The molecular weight excluding hydrogens is 368 g/mol. The predicted molar refractivity (Wildman–Crippen MR) is 107 cm³/mol. The van der Waals surface area contributed by atoms with Crippen LogP contribution in [0.3, 0.4) is 0 Å². The van der Waals surface area contributed by atoms with Crippen LogP contribution in [0.15, 0.2) is 64.5 Å². The van der Waals surface area contributed by atoms with E-state index in [4.69, 9.17) is 4.74 Å². The van der Waals surface area contributed by atoms with Crippen molar-refractivity contribution in [1.82, 2.24) is 8.87 Å². The van der Waals surface area contributed by atoms with Crippen LogP contribution in [-0.2, 0) is 10.0 Å². The van der Waals surface area contributed by atoms with Gasteiger partial charge in [-0.3, -0.25) is 4.90 Å². The number of hydrogen-bond acceptors (Lipinski definition) is 5. The highest BCUT2D eigenvalue weighted by atomic mass is 32.2. The maximum Gasteiger partial charge on any atom is 0.268 e. The van der Waals surface area contributed by atoms with E-state index in [9.17, 15) is 8.42 Å². The number of para-hydroxylation sites is 1. The van der Waals surface area contributed by atoms with Crippen LogP contribution in [0, 0.1) is 0 Å². The Labute approximate surface area is 158 Å². The van der Waals surface area contributed by atoms with Crippen molar-refractivity contribution < 1.29 is 13.2 Å². The highest BCUT2D eigenvalue weighted by molar-refractivity contribution is 8.00. The highest BCUT2D eigenvalue weighted by Gasteiger charge is 2.22. The molecular formula is C19H22N2O3S2. The second kappa shape index (κ2) is 7.34. The zero-order chi connectivity index (χ0) is 18.9. The summed E-state index contributed by atoms with van der Waals surface area (Å²) in [6.45, 7) is 2.09. The summed E-state index contributed by atoms with van der Waals surface area (Å²) >= 11 is 1.64. The number of nitrogens with zero attached hydrogens (tertiary/aromatic N) is 2. The maximum atomic E-state index is 13.2. The van der Waals surface area contributed by atoms with Gasteiger partial charge in [0.05, 0.1) is 22.9 Å². The summed E-state index contributed by atoms with van der Waals surface area (Å²) in [6, 6.07) is 14.0. The summed E-state index contributed by atoms with van der Waals surface area (Å²) in [5.41, 5.74) is 0.678. The average molecular weight is 391 g/mol. The van der Waals surface area contributed by atoms with Crippen LogP contribution in [0.2, 0.25) is 0 Å². The fraction of sp³-hybridized carbons (Fsp3) is 0.263. The van der Waals surface area contributed by atoms with Crippen molar-refractivity contribution in [1.29, 1.82) is 0 Å². The van der Waals surface area contributed by atoms with Gasteiger partial charge in [-0.15, -0.1) is 11.8 Å². The summed E-state index contributed by atoms with van der Waals surface area (Å²) in [5, 5.41) is 1.15.